The quantitative estimate of drug-likeness (QED) is 0.702. The molecule has 11 heteroatoms. The lowest BCUT2D eigenvalue weighted by Crippen LogP contribution is -2.34. The molecular weight excluding hydrogens is 381 g/mol. The Morgan fingerprint density at radius 3 is 2.81 bits per heavy atom. The summed E-state index contributed by atoms with van der Waals surface area (Å²) in [6, 6.07) is 5.89. The van der Waals surface area contributed by atoms with Gasteiger partial charge in [0.1, 0.15) is 5.82 Å². The van der Waals surface area contributed by atoms with E-state index in [2.05, 4.69) is 15.5 Å². The summed E-state index contributed by atoms with van der Waals surface area (Å²) in [6.45, 7) is 0.360. The maximum absolute atomic E-state index is 14.1. The monoisotopic (exact) mass is 399 g/mol. The number of aromatic nitrogens is 4. The van der Waals surface area contributed by atoms with E-state index in [0.29, 0.717) is 5.16 Å². The summed E-state index contributed by atoms with van der Waals surface area (Å²) in [5, 5.41) is 10.6. The van der Waals surface area contributed by atoms with Crippen LogP contribution in [0.2, 0.25) is 0 Å². The number of amides is 1. The summed E-state index contributed by atoms with van der Waals surface area (Å²) >= 11 is 1.19. The van der Waals surface area contributed by atoms with Crippen LogP contribution in [-0.4, -0.2) is 64.0 Å². The zero-order valence-corrected chi connectivity index (χ0v) is 15.7. The average molecular weight is 399 g/mol. The second-order valence-electron chi connectivity index (χ2n) is 5.92. The number of thioether (sulfide) groups is 1. The Kier molecular flexibility index (Phi) is 5.56. The van der Waals surface area contributed by atoms with E-state index >= 15 is 0 Å². The van der Waals surface area contributed by atoms with E-state index in [1.165, 1.54) is 39.5 Å². The van der Waals surface area contributed by atoms with Crippen LogP contribution in [0.3, 0.4) is 0 Å². The molecule has 2 heterocycles. The predicted octanol–water partition coefficient (Wildman–Crippen LogP) is 0.830. The molecule has 8 nitrogen and oxygen atoms in total. The van der Waals surface area contributed by atoms with E-state index in [4.69, 9.17) is 0 Å². The number of aryl methyl sites for hydroxylation is 1. The predicted molar refractivity (Wildman–Crippen MR) is 93.6 cm³/mol. The topological polar surface area (TPSA) is 98.1 Å². The Morgan fingerprint density at radius 1 is 1.35 bits per heavy atom. The number of rotatable bonds is 4. The molecular formula is C15H18FN5O3S2. The van der Waals surface area contributed by atoms with Gasteiger partial charge >= 0.3 is 0 Å². The maximum Gasteiger partial charge on any atom is 0.233 e. The highest BCUT2D eigenvalue weighted by Crippen LogP contribution is 2.31. The van der Waals surface area contributed by atoms with Crippen molar-refractivity contribution in [1.82, 2.24) is 25.1 Å². The van der Waals surface area contributed by atoms with Crippen molar-refractivity contribution in [1.29, 1.82) is 0 Å². The molecule has 26 heavy (non-hydrogen) atoms. The Bertz CT molecular complexity index is 902. The first-order valence-corrected chi connectivity index (χ1v) is 10.7. The van der Waals surface area contributed by atoms with Crippen molar-refractivity contribution in [3.8, 4) is 0 Å². The summed E-state index contributed by atoms with van der Waals surface area (Å²) in [5.41, 5.74) is 0.168. The standard InChI is InChI=1S/C15H18FN5O3S2/c1-20-15(17-18-19-20)25-10-14(22)21-7-6-13(26(23,24)9-8-21)11-4-2-3-5-12(11)16/h2-5,13H,6-10H2,1H3/t13-/m1/s1. The van der Waals surface area contributed by atoms with E-state index in [1.54, 1.807) is 13.1 Å². The van der Waals surface area contributed by atoms with Crippen LogP contribution in [0.25, 0.3) is 0 Å². The SMILES string of the molecule is Cn1nnnc1SCC(=O)N1CC[C@H](c2ccccc2F)S(=O)(=O)CC1. The van der Waals surface area contributed by atoms with Crippen LogP contribution < -0.4 is 0 Å². The van der Waals surface area contributed by atoms with Gasteiger partial charge in [-0.3, -0.25) is 4.79 Å². The lowest BCUT2D eigenvalue weighted by Gasteiger charge is -2.19. The molecule has 0 radical (unpaired) electrons. The van der Waals surface area contributed by atoms with Crippen LogP contribution in [0.5, 0.6) is 0 Å². The molecule has 1 aliphatic heterocycles. The first-order valence-electron chi connectivity index (χ1n) is 7.97. The second-order valence-corrected chi connectivity index (χ2v) is 9.17. The molecule has 0 saturated carbocycles. The Balaban J connectivity index is 1.69. The van der Waals surface area contributed by atoms with Crippen LogP contribution in [0.15, 0.2) is 29.4 Å². The lowest BCUT2D eigenvalue weighted by molar-refractivity contribution is -0.128. The number of sulfone groups is 1. The summed E-state index contributed by atoms with van der Waals surface area (Å²) in [6.07, 6.45) is 0.172. The Labute approximate surface area is 154 Å². The first-order chi connectivity index (χ1) is 12.4. The maximum atomic E-state index is 14.1. The van der Waals surface area contributed by atoms with Gasteiger partial charge in [0.05, 0.1) is 16.8 Å². The smallest absolute Gasteiger partial charge is 0.233 e. The number of benzene rings is 1. The molecule has 1 saturated heterocycles. The zero-order valence-electron chi connectivity index (χ0n) is 14.1. The fourth-order valence-corrected chi connectivity index (χ4v) is 5.39. The van der Waals surface area contributed by atoms with Gasteiger partial charge in [0, 0.05) is 25.7 Å². The molecule has 1 atom stereocenters. The van der Waals surface area contributed by atoms with Gasteiger partial charge in [0.2, 0.25) is 11.1 Å². The van der Waals surface area contributed by atoms with Crippen molar-refractivity contribution in [2.45, 2.75) is 16.8 Å². The number of hydrogen-bond acceptors (Lipinski definition) is 7. The van der Waals surface area contributed by atoms with Crippen LogP contribution in [0.4, 0.5) is 4.39 Å². The number of carbonyl (C=O) groups excluding carboxylic acids is 1. The Morgan fingerprint density at radius 2 is 2.12 bits per heavy atom. The summed E-state index contributed by atoms with van der Waals surface area (Å²) in [5.74, 6) is -0.805. The molecule has 1 aromatic carbocycles. The van der Waals surface area contributed by atoms with Gasteiger partial charge in [-0.1, -0.05) is 30.0 Å². The zero-order chi connectivity index (χ0) is 18.7. The fraction of sp³-hybridized carbons (Fsp3) is 0.467. The molecule has 0 bridgehead atoms. The average Bonchev–Trinajstić information content (AvgIpc) is 2.94. The van der Waals surface area contributed by atoms with Crippen LogP contribution in [0.1, 0.15) is 17.2 Å². The minimum Gasteiger partial charge on any atom is -0.341 e. The molecule has 0 aliphatic carbocycles. The van der Waals surface area contributed by atoms with Crippen LogP contribution in [-0.2, 0) is 21.7 Å². The molecule has 140 valence electrons. The highest BCUT2D eigenvalue weighted by molar-refractivity contribution is 7.99. The highest BCUT2D eigenvalue weighted by atomic mass is 32.2. The van der Waals surface area contributed by atoms with Gasteiger partial charge in [-0.2, -0.15) is 0 Å². The molecule has 1 aliphatic rings. The van der Waals surface area contributed by atoms with Crippen molar-refractivity contribution >= 4 is 27.5 Å². The van der Waals surface area contributed by atoms with Crippen molar-refractivity contribution < 1.29 is 17.6 Å². The van der Waals surface area contributed by atoms with E-state index < -0.39 is 20.9 Å². The molecule has 3 rings (SSSR count). The molecule has 0 spiro atoms. The number of halogens is 1. The van der Waals surface area contributed by atoms with Gasteiger partial charge in [-0.25, -0.2) is 17.5 Å². The molecule has 1 fully saturated rings. The summed E-state index contributed by atoms with van der Waals surface area (Å²) < 4.78 is 40.7. The molecule has 1 aromatic heterocycles. The van der Waals surface area contributed by atoms with Gasteiger partial charge < -0.3 is 4.90 Å². The number of hydrogen-bond donors (Lipinski definition) is 0. The van der Waals surface area contributed by atoms with Crippen LogP contribution >= 0.6 is 11.8 Å². The first kappa shape index (κ1) is 18.8. The molecule has 1 amide bonds. The van der Waals surface area contributed by atoms with Crippen molar-refractivity contribution in [3.05, 3.63) is 35.6 Å². The van der Waals surface area contributed by atoms with E-state index in [9.17, 15) is 17.6 Å². The summed E-state index contributed by atoms with van der Waals surface area (Å²) in [7, 11) is -1.87. The van der Waals surface area contributed by atoms with E-state index in [0.717, 1.165) is 0 Å². The fourth-order valence-electron chi connectivity index (χ4n) is 2.84. The Hall–Kier alpha value is -2.01. The number of nitrogens with zero attached hydrogens (tertiary/aromatic N) is 5. The molecule has 0 unspecified atom stereocenters. The second kappa shape index (κ2) is 7.70. The number of tetrazole rings is 1. The van der Waals surface area contributed by atoms with Crippen molar-refractivity contribution in [2.24, 2.45) is 7.05 Å². The molecule has 0 N–H and O–H groups in total. The normalized spacial score (nSPS) is 19.9. The van der Waals surface area contributed by atoms with Crippen LogP contribution in [0, 0.1) is 5.82 Å². The van der Waals surface area contributed by atoms with Gasteiger partial charge in [0.25, 0.3) is 0 Å². The third-order valence-corrected chi connectivity index (χ3v) is 7.35. The highest BCUT2D eigenvalue weighted by Gasteiger charge is 2.34. The van der Waals surface area contributed by atoms with Gasteiger partial charge in [0.15, 0.2) is 9.84 Å². The minimum atomic E-state index is -3.54. The van der Waals surface area contributed by atoms with Gasteiger partial charge in [-0.05, 0) is 22.9 Å². The van der Waals surface area contributed by atoms with E-state index in [1.807, 2.05) is 0 Å². The third kappa shape index (κ3) is 4.04. The van der Waals surface area contributed by atoms with E-state index in [-0.39, 0.29) is 42.5 Å². The molecule has 2 aromatic rings. The lowest BCUT2D eigenvalue weighted by atomic mass is 10.1. The summed E-state index contributed by atoms with van der Waals surface area (Å²) in [4.78, 5) is 13.9. The van der Waals surface area contributed by atoms with Crippen molar-refractivity contribution in [3.63, 3.8) is 0 Å². The largest absolute Gasteiger partial charge is 0.341 e. The minimum absolute atomic E-state index is 0.101. The number of carbonyl (C=O) groups is 1. The van der Waals surface area contributed by atoms with Crippen molar-refractivity contribution in [2.75, 3.05) is 24.6 Å². The third-order valence-electron chi connectivity index (χ3n) is 4.25. The van der Waals surface area contributed by atoms with Gasteiger partial charge in [-0.15, -0.1) is 5.10 Å².